The first-order valence-corrected chi connectivity index (χ1v) is 8.05. The van der Waals surface area contributed by atoms with Crippen LogP contribution in [0, 0.1) is 17.8 Å². The summed E-state index contributed by atoms with van der Waals surface area (Å²) in [5.74, 6) is 2.40. The van der Waals surface area contributed by atoms with Gasteiger partial charge in [0.25, 0.3) is 0 Å². The van der Waals surface area contributed by atoms with E-state index in [1.165, 1.54) is 38.5 Å². The molecule has 0 amide bonds. The molecule has 2 aliphatic rings. The summed E-state index contributed by atoms with van der Waals surface area (Å²) in [5, 5.41) is 3.65. The van der Waals surface area contributed by atoms with Gasteiger partial charge in [-0.1, -0.05) is 33.6 Å². The van der Waals surface area contributed by atoms with E-state index in [-0.39, 0.29) is 0 Å². The van der Waals surface area contributed by atoms with E-state index in [0.29, 0.717) is 18.1 Å². The lowest BCUT2D eigenvalue weighted by molar-refractivity contribution is -0.0498. The molecule has 0 aliphatic heterocycles. The minimum Gasteiger partial charge on any atom is -0.376 e. The second-order valence-corrected chi connectivity index (χ2v) is 6.67. The average Bonchev–Trinajstić information content (AvgIpc) is 2.81. The molecule has 2 aliphatic carbocycles. The molecule has 106 valence electrons. The molecule has 2 saturated carbocycles. The topological polar surface area (TPSA) is 21.3 Å². The highest BCUT2D eigenvalue weighted by Crippen LogP contribution is 2.33. The van der Waals surface area contributed by atoms with Crippen LogP contribution in [0.25, 0.3) is 0 Å². The summed E-state index contributed by atoms with van der Waals surface area (Å²) in [6.07, 6.45) is 8.68. The Morgan fingerprint density at radius 1 is 1.11 bits per heavy atom. The van der Waals surface area contributed by atoms with E-state index in [0.717, 1.165) is 25.0 Å². The Morgan fingerprint density at radius 3 is 2.50 bits per heavy atom. The molecule has 0 aromatic rings. The van der Waals surface area contributed by atoms with Crippen LogP contribution in [0.4, 0.5) is 0 Å². The first-order valence-electron chi connectivity index (χ1n) is 8.05. The van der Waals surface area contributed by atoms with Crippen molar-refractivity contribution in [3.8, 4) is 0 Å². The molecular formula is C16H31NO. The van der Waals surface area contributed by atoms with Crippen LogP contribution in [0.5, 0.6) is 0 Å². The third-order valence-corrected chi connectivity index (χ3v) is 4.85. The van der Waals surface area contributed by atoms with Crippen LogP contribution in [0.1, 0.15) is 59.3 Å². The first-order chi connectivity index (χ1) is 8.70. The highest BCUT2D eigenvalue weighted by atomic mass is 16.5. The fraction of sp³-hybridized carbons (Fsp3) is 1.00. The molecule has 0 bridgehead atoms. The zero-order chi connectivity index (χ0) is 13.0. The molecular weight excluding hydrogens is 222 g/mol. The van der Waals surface area contributed by atoms with Crippen molar-refractivity contribution in [2.75, 3.05) is 13.2 Å². The Labute approximate surface area is 113 Å². The van der Waals surface area contributed by atoms with E-state index >= 15 is 0 Å². The van der Waals surface area contributed by atoms with Gasteiger partial charge < -0.3 is 10.1 Å². The fourth-order valence-corrected chi connectivity index (χ4v) is 4.00. The summed E-state index contributed by atoms with van der Waals surface area (Å²) in [6.45, 7) is 9.03. The van der Waals surface area contributed by atoms with Crippen molar-refractivity contribution in [1.29, 1.82) is 0 Å². The number of nitrogens with one attached hydrogen (secondary N) is 1. The van der Waals surface area contributed by atoms with Gasteiger partial charge in [-0.05, 0) is 50.0 Å². The minimum atomic E-state index is 0.446. The predicted molar refractivity (Wildman–Crippen MR) is 76.7 cm³/mol. The van der Waals surface area contributed by atoms with Gasteiger partial charge in [-0.25, -0.2) is 0 Å². The normalized spacial score (nSPS) is 38.2. The maximum absolute atomic E-state index is 6.33. The van der Waals surface area contributed by atoms with Gasteiger partial charge in [0.1, 0.15) is 0 Å². The lowest BCUT2D eigenvalue weighted by Crippen LogP contribution is -2.49. The Kier molecular flexibility index (Phi) is 5.50. The Balaban J connectivity index is 1.85. The van der Waals surface area contributed by atoms with Gasteiger partial charge in [-0.15, -0.1) is 0 Å². The van der Waals surface area contributed by atoms with Crippen molar-refractivity contribution in [3.05, 3.63) is 0 Å². The van der Waals surface area contributed by atoms with Crippen molar-refractivity contribution < 1.29 is 4.74 Å². The third-order valence-electron chi connectivity index (χ3n) is 4.85. The SMILES string of the molecule is CCNC1CC(C)CC(C)C1OCC1CCCC1. The van der Waals surface area contributed by atoms with Crippen molar-refractivity contribution in [2.45, 2.75) is 71.4 Å². The summed E-state index contributed by atoms with van der Waals surface area (Å²) in [5.41, 5.74) is 0. The van der Waals surface area contributed by atoms with E-state index in [1.54, 1.807) is 0 Å². The molecule has 2 rings (SSSR count). The standard InChI is InChI=1S/C16H31NO/c1-4-17-15-10-12(2)9-13(3)16(15)18-11-14-7-5-6-8-14/h12-17H,4-11H2,1-3H3. The molecule has 0 radical (unpaired) electrons. The first kappa shape index (κ1) is 14.3. The van der Waals surface area contributed by atoms with Crippen molar-refractivity contribution >= 4 is 0 Å². The van der Waals surface area contributed by atoms with E-state index in [9.17, 15) is 0 Å². The fourth-order valence-electron chi connectivity index (χ4n) is 4.00. The van der Waals surface area contributed by atoms with Crippen LogP contribution in [0.2, 0.25) is 0 Å². The molecule has 0 aromatic heterocycles. The van der Waals surface area contributed by atoms with Crippen LogP contribution in [0.15, 0.2) is 0 Å². The maximum Gasteiger partial charge on any atom is 0.0753 e. The van der Waals surface area contributed by atoms with Gasteiger partial charge in [0.2, 0.25) is 0 Å². The molecule has 0 heterocycles. The second kappa shape index (κ2) is 6.91. The largest absolute Gasteiger partial charge is 0.376 e. The molecule has 2 nitrogen and oxygen atoms in total. The Hall–Kier alpha value is -0.0800. The molecule has 4 atom stereocenters. The summed E-state index contributed by atoms with van der Waals surface area (Å²) in [6, 6.07) is 0.579. The third kappa shape index (κ3) is 3.71. The van der Waals surface area contributed by atoms with Crippen LogP contribution < -0.4 is 5.32 Å². The molecule has 2 heteroatoms. The Bertz CT molecular complexity index is 237. The monoisotopic (exact) mass is 253 g/mol. The predicted octanol–water partition coefficient (Wildman–Crippen LogP) is 3.61. The van der Waals surface area contributed by atoms with Crippen molar-refractivity contribution in [1.82, 2.24) is 5.32 Å². The summed E-state index contributed by atoms with van der Waals surface area (Å²) >= 11 is 0. The molecule has 1 N–H and O–H groups in total. The smallest absolute Gasteiger partial charge is 0.0753 e. The summed E-state index contributed by atoms with van der Waals surface area (Å²) < 4.78 is 6.33. The second-order valence-electron chi connectivity index (χ2n) is 6.67. The quantitative estimate of drug-likeness (QED) is 0.808. The number of ether oxygens (including phenoxy) is 1. The van der Waals surface area contributed by atoms with Gasteiger partial charge in [0.15, 0.2) is 0 Å². The van der Waals surface area contributed by atoms with Crippen molar-refractivity contribution in [2.24, 2.45) is 17.8 Å². The highest BCUT2D eigenvalue weighted by molar-refractivity contribution is 4.88. The van der Waals surface area contributed by atoms with Gasteiger partial charge in [0.05, 0.1) is 6.10 Å². The van der Waals surface area contributed by atoms with E-state index in [4.69, 9.17) is 4.74 Å². The highest BCUT2D eigenvalue weighted by Gasteiger charge is 2.34. The van der Waals surface area contributed by atoms with Gasteiger partial charge in [-0.3, -0.25) is 0 Å². The zero-order valence-corrected chi connectivity index (χ0v) is 12.5. The lowest BCUT2D eigenvalue weighted by atomic mass is 9.78. The van der Waals surface area contributed by atoms with Gasteiger partial charge in [-0.2, -0.15) is 0 Å². The van der Waals surface area contributed by atoms with Crippen LogP contribution in [0.3, 0.4) is 0 Å². The molecule has 4 unspecified atom stereocenters. The number of rotatable bonds is 5. The Morgan fingerprint density at radius 2 is 1.83 bits per heavy atom. The lowest BCUT2D eigenvalue weighted by Gasteiger charge is -2.40. The van der Waals surface area contributed by atoms with E-state index < -0.39 is 0 Å². The van der Waals surface area contributed by atoms with Gasteiger partial charge >= 0.3 is 0 Å². The van der Waals surface area contributed by atoms with Crippen LogP contribution in [-0.2, 0) is 4.74 Å². The minimum absolute atomic E-state index is 0.446. The van der Waals surface area contributed by atoms with Crippen LogP contribution >= 0.6 is 0 Å². The number of hydrogen-bond acceptors (Lipinski definition) is 2. The van der Waals surface area contributed by atoms with Crippen LogP contribution in [-0.4, -0.2) is 25.3 Å². The molecule has 0 spiro atoms. The average molecular weight is 253 g/mol. The molecule has 18 heavy (non-hydrogen) atoms. The molecule has 2 fully saturated rings. The molecule has 0 aromatic carbocycles. The van der Waals surface area contributed by atoms with E-state index in [2.05, 4.69) is 26.1 Å². The zero-order valence-electron chi connectivity index (χ0n) is 12.5. The number of hydrogen-bond donors (Lipinski definition) is 1. The van der Waals surface area contributed by atoms with E-state index in [1.807, 2.05) is 0 Å². The summed E-state index contributed by atoms with van der Waals surface area (Å²) in [4.78, 5) is 0. The van der Waals surface area contributed by atoms with Crippen molar-refractivity contribution in [3.63, 3.8) is 0 Å². The van der Waals surface area contributed by atoms with Gasteiger partial charge in [0, 0.05) is 12.6 Å². The molecule has 0 saturated heterocycles. The number of likely N-dealkylation sites (N-methyl/N-ethyl adjacent to an activating group) is 1. The maximum atomic E-state index is 6.33. The summed E-state index contributed by atoms with van der Waals surface area (Å²) in [7, 11) is 0.